The standard InChI is InChI=1S/C17H20N4O6/c1-17(10-4-5-11-12(8-10)27-7-3-6-26-11)14(23)21(16(25)20-17)9-13(22)19-15(24)18-2/h4-5,8H,3,6-7,9H2,1-2H3,(H,20,25)(H2,18,19,22,24)/t17-/m1/s1. The van der Waals surface area contributed by atoms with E-state index in [-0.39, 0.29) is 0 Å². The van der Waals surface area contributed by atoms with Crippen molar-refractivity contribution in [1.29, 1.82) is 0 Å². The van der Waals surface area contributed by atoms with Gasteiger partial charge in [-0.2, -0.15) is 0 Å². The van der Waals surface area contributed by atoms with Crippen molar-refractivity contribution in [2.75, 3.05) is 26.8 Å². The first-order valence-corrected chi connectivity index (χ1v) is 8.41. The zero-order valence-electron chi connectivity index (χ0n) is 15.0. The van der Waals surface area contributed by atoms with E-state index in [1.54, 1.807) is 25.1 Å². The van der Waals surface area contributed by atoms with Gasteiger partial charge >= 0.3 is 12.1 Å². The van der Waals surface area contributed by atoms with Gasteiger partial charge in [0, 0.05) is 13.5 Å². The first-order chi connectivity index (χ1) is 12.8. The highest BCUT2D eigenvalue weighted by Crippen LogP contribution is 2.36. The molecule has 2 aliphatic heterocycles. The van der Waals surface area contributed by atoms with Crippen LogP contribution >= 0.6 is 0 Å². The maximum atomic E-state index is 12.9. The molecule has 1 atom stereocenters. The van der Waals surface area contributed by atoms with Crippen LogP contribution in [0.4, 0.5) is 9.59 Å². The van der Waals surface area contributed by atoms with Crippen LogP contribution in [0.5, 0.6) is 11.5 Å². The molecule has 0 unspecified atom stereocenters. The number of amides is 6. The fourth-order valence-electron chi connectivity index (χ4n) is 2.88. The molecule has 6 amide bonds. The summed E-state index contributed by atoms with van der Waals surface area (Å²) in [5.74, 6) is -0.322. The first kappa shape index (κ1) is 18.5. The van der Waals surface area contributed by atoms with Crippen molar-refractivity contribution in [3.05, 3.63) is 23.8 Å². The summed E-state index contributed by atoms with van der Waals surface area (Å²) >= 11 is 0. The molecule has 3 rings (SSSR count). The van der Waals surface area contributed by atoms with Crippen molar-refractivity contribution in [2.24, 2.45) is 0 Å². The molecular formula is C17H20N4O6. The third kappa shape index (κ3) is 3.50. The molecule has 0 spiro atoms. The lowest BCUT2D eigenvalue weighted by Crippen LogP contribution is -2.46. The summed E-state index contributed by atoms with van der Waals surface area (Å²) in [6.45, 7) is 1.99. The number of carbonyl (C=O) groups excluding carboxylic acids is 4. The minimum atomic E-state index is -1.37. The second-order valence-electron chi connectivity index (χ2n) is 6.29. The van der Waals surface area contributed by atoms with E-state index in [0.29, 0.717) is 30.3 Å². The molecule has 1 saturated heterocycles. The smallest absolute Gasteiger partial charge is 0.325 e. The maximum Gasteiger partial charge on any atom is 0.325 e. The van der Waals surface area contributed by atoms with Gasteiger partial charge in [-0.3, -0.25) is 19.8 Å². The molecular weight excluding hydrogens is 356 g/mol. The summed E-state index contributed by atoms with van der Waals surface area (Å²) in [6, 6.07) is 3.55. The summed E-state index contributed by atoms with van der Waals surface area (Å²) in [7, 11) is 1.34. The molecule has 1 aromatic carbocycles. The molecule has 1 fully saturated rings. The highest BCUT2D eigenvalue weighted by molar-refractivity contribution is 6.10. The molecule has 10 heteroatoms. The minimum Gasteiger partial charge on any atom is -0.490 e. The fourth-order valence-corrected chi connectivity index (χ4v) is 2.88. The molecule has 0 aromatic heterocycles. The fraction of sp³-hybridized carbons (Fsp3) is 0.412. The summed E-state index contributed by atoms with van der Waals surface area (Å²) in [5.41, 5.74) is -0.867. The molecule has 0 bridgehead atoms. The molecule has 2 aliphatic rings. The van der Waals surface area contributed by atoms with Crippen molar-refractivity contribution in [3.8, 4) is 11.5 Å². The van der Waals surface area contributed by atoms with Crippen LogP contribution in [0.3, 0.4) is 0 Å². The van der Waals surface area contributed by atoms with E-state index >= 15 is 0 Å². The third-order valence-electron chi connectivity index (χ3n) is 4.38. The topological polar surface area (TPSA) is 126 Å². The van der Waals surface area contributed by atoms with Crippen molar-refractivity contribution in [3.63, 3.8) is 0 Å². The van der Waals surface area contributed by atoms with E-state index in [2.05, 4.69) is 10.6 Å². The first-order valence-electron chi connectivity index (χ1n) is 8.41. The normalized spacial score (nSPS) is 21.3. The number of urea groups is 2. The van der Waals surface area contributed by atoms with Gasteiger partial charge in [-0.1, -0.05) is 6.07 Å². The summed E-state index contributed by atoms with van der Waals surface area (Å²) in [4.78, 5) is 48.9. The van der Waals surface area contributed by atoms with Gasteiger partial charge in [-0.15, -0.1) is 0 Å². The number of hydrogen-bond donors (Lipinski definition) is 3. The summed E-state index contributed by atoms with van der Waals surface area (Å²) < 4.78 is 11.2. The minimum absolute atomic E-state index is 0.485. The van der Waals surface area contributed by atoms with E-state index < -0.39 is 36.0 Å². The number of rotatable bonds is 3. The Labute approximate surface area is 155 Å². The molecule has 0 saturated carbocycles. The zero-order valence-corrected chi connectivity index (χ0v) is 15.0. The van der Waals surface area contributed by atoms with Gasteiger partial charge in [0.05, 0.1) is 13.2 Å². The lowest BCUT2D eigenvalue weighted by molar-refractivity contribution is -0.134. The van der Waals surface area contributed by atoms with Gasteiger partial charge in [0.2, 0.25) is 5.91 Å². The number of nitrogens with zero attached hydrogens (tertiary/aromatic N) is 1. The van der Waals surface area contributed by atoms with Crippen LogP contribution in [-0.4, -0.2) is 55.6 Å². The number of imide groups is 2. The van der Waals surface area contributed by atoms with E-state index in [1.165, 1.54) is 7.05 Å². The molecule has 2 heterocycles. The van der Waals surface area contributed by atoms with Crippen LogP contribution < -0.4 is 25.4 Å². The summed E-state index contributed by atoms with van der Waals surface area (Å²) in [6.07, 6.45) is 0.741. The van der Waals surface area contributed by atoms with E-state index in [1.807, 2.05) is 5.32 Å². The Balaban J connectivity index is 1.81. The van der Waals surface area contributed by atoms with Crippen LogP contribution in [-0.2, 0) is 15.1 Å². The van der Waals surface area contributed by atoms with Crippen LogP contribution in [0.2, 0.25) is 0 Å². The number of benzene rings is 1. The van der Waals surface area contributed by atoms with Gasteiger partial charge in [0.15, 0.2) is 11.5 Å². The number of hydrogen-bond acceptors (Lipinski definition) is 6. The van der Waals surface area contributed by atoms with Gasteiger partial charge in [0.1, 0.15) is 12.1 Å². The Morgan fingerprint density at radius 3 is 2.63 bits per heavy atom. The molecule has 27 heavy (non-hydrogen) atoms. The molecule has 144 valence electrons. The van der Waals surface area contributed by atoms with Crippen LogP contribution in [0.25, 0.3) is 0 Å². The highest BCUT2D eigenvalue weighted by Gasteiger charge is 2.49. The lowest BCUT2D eigenvalue weighted by atomic mass is 9.91. The Morgan fingerprint density at radius 1 is 1.22 bits per heavy atom. The monoisotopic (exact) mass is 376 g/mol. The van der Waals surface area contributed by atoms with Gasteiger partial charge < -0.3 is 20.1 Å². The molecule has 0 radical (unpaired) electrons. The van der Waals surface area contributed by atoms with Crippen LogP contribution in [0.1, 0.15) is 18.9 Å². The predicted molar refractivity (Wildman–Crippen MR) is 92.2 cm³/mol. The lowest BCUT2D eigenvalue weighted by Gasteiger charge is -2.23. The van der Waals surface area contributed by atoms with E-state index in [9.17, 15) is 19.2 Å². The average Bonchev–Trinajstić information content (AvgIpc) is 2.82. The van der Waals surface area contributed by atoms with Crippen molar-refractivity contribution in [1.82, 2.24) is 20.9 Å². The van der Waals surface area contributed by atoms with E-state index in [4.69, 9.17) is 9.47 Å². The zero-order chi connectivity index (χ0) is 19.6. The predicted octanol–water partition coefficient (Wildman–Crippen LogP) is 0.0705. The second kappa shape index (κ2) is 7.14. The van der Waals surface area contributed by atoms with Gasteiger partial charge in [-0.25, -0.2) is 9.59 Å². The number of fused-ring (bicyclic) bond motifs is 1. The molecule has 1 aromatic rings. The summed E-state index contributed by atoms with van der Waals surface area (Å²) in [5, 5.41) is 6.83. The third-order valence-corrected chi connectivity index (χ3v) is 4.38. The van der Waals surface area contributed by atoms with Crippen LogP contribution in [0.15, 0.2) is 18.2 Å². The Morgan fingerprint density at radius 2 is 1.93 bits per heavy atom. The maximum absolute atomic E-state index is 12.9. The Bertz CT molecular complexity index is 811. The number of nitrogens with one attached hydrogen (secondary N) is 3. The van der Waals surface area contributed by atoms with Gasteiger partial charge in [-0.05, 0) is 24.6 Å². The van der Waals surface area contributed by atoms with E-state index in [0.717, 1.165) is 11.3 Å². The molecule has 3 N–H and O–H groups in total. The second-order valence-corrected chi connectivity index (χ2v) is 6.29. The van der Waals surface area contributed by atoms with Crippen molar-refractivity contribution < 1.29 is 28.7 Å². The SMILES string of the molecule is CNC(=O)NC(=O)CN1C(=O)N[C@](C)(c2ccc3c(c2)OCCCO3)C1=O. The Hall–Kier alpha value is -3.30. The largest absolute Gasteiger partial charge is 0.490 e. The Kier molecular flexibility index (Phi) is 4.89. The van der Waals surface area contributed by atoms with Gasteiger partial charge in [0.25, 0.3) is 5.91 Å². The quantitative estimate of drug-likeness (QED) is 0.641. The molecule has 10 nitrogen and oxygen atoms in total. The number of carbonyl (C=O) groups is 4. The average molecular weight is 376 g/mol. The number of ether oxygens (including phenoxy) is 2. The van der Waals surface area contributed by atoms with Crippen molar-refractivity contribution >= 4 is 23.9 Å². The van der Waals surface area contributed by atoms with Crippen molar-refractivity contribution in [2.45, 2.75) is 18.9 Å². The highest BCUT2D eigenvalue weighted by atomic mass is 16.5. The van der Waals surface area contributed by atoms with Crippen LogP contribution in [0, 0.1) is 0 Å². The molecule has 0 aliphatic carbocycles.